The molecule has 2 aromatic carbocycles. The molecule has 4 aromatic rings. The third-order valence-electron chi connectivity index (χ3n) is 5.26. The zero-order valence-corrected chi connectivity index (χ0v) is 19.6. The predicted octanol–water partition coefficient (Wildman–Crippen LogP) is 6.12. The van der Waals surface area contributed by atoms with Crippen molar-refractivity contribution >= 4 is 27.7 Å². The number of carbonyl (C=O) groups excluding carboxylic acids is 1. The summed E-state index contributed by atoms with van der Waals surface area (Å²) in [6.07, 6.45) is 3.02. The molecule has 2 heterocycles. The Morgan fingerprint density at radius 1 is 1.07 bits per heavy atom. The minimum absolute atomic E-state index is 0. The second-order valence-corrected chi connectivity index (χ2v) is 7.79. The number of nitrogens with zero attached hydrogens (tertiary/aromatic N) is 1. The summed E-state index contributed by atoms with van der Waals surface area (Å²) in [5, 5.41) is 10.7. The van der Waals surface area contributed by atoms with Gasteiger partial charge in [-0.2, -0.15) is 0 Å². The normalized spacial score (nSPS) is 13.8. The van der Waals surface area contributed by atoms with Crippen LogP contribution in [0, 0.1) is 6.07 Å². The van der Waals surface area contributed by atoms with Crippen molar-refractivity contribution < 1.29 is 34.4 Å². The Balaban J connectivity index is 0.000000281. The minimum Gasteiger partial charge on any atom is -0.512 e. The molecule has 0 atom stereocenters. The molecule has 4 nitrogen and oxygen atoms in total. The van der Waals surface area contributed by atoms with E-state index >= 15 is 0 Å². The number of allylic oxidation sites excluding steroid dienone is 2. The maximum Gasteiger partial charge on any atom is 0.155 e. The van der Waals surface area contributed by atoms with Crippen LogP contribution in [0.5, 0.6) is 0 Å². The smallest absolute Gasteiger partial charge is 0.155 e. The van der Waals surface area contributed by atoms with E-state index in [4.69, 9.17) is 9.52 Å². The molecular weight excluding hydrogens is 554 g/mol. The first-order valence-corrected chi connectivity index (χ1v) is 9.51. The van der Waals surface area contributed by atoms with Crippen LogP contribution >= 0.6 is 0 Å². The summed E-state index contributed by atoms with van der Waals surface area (Å²) in [5.74, 6) is -0.0625. The number of furan rings is 1. The number of hydrogen-bond donors (Lipinski definition) is 1. The van der Waals surface area contributed by atoms with E-state index in [0.29, 0.717) is 0 Å². The summed E-state index contributed by atoms with van der Waals surface area (Å²) in [5.41, 5.74) is 6.30. The predicted molar refractivity (Wildman–Crippen MR) is 115 cm³/mol. The van der Waals surface area contributed by atoms with E-state index < -0.39 is 0 Å². The van der Waals surface area contributed by atoms with Gasteiger partial charge in [0.05, 0.1) is 11.3 Å². The molecular formula is C25H22IrNO3-. The van der Waals surface area contributed by atoms with Crippen molar-refractivity contribution in [2.45, 2.75) is 33.1 Å². The quantitative estimate of drug-likeness (QED) is 0.168. The van der Waals surface area contributed by atoms with Gasteiger partial charge in [-0.15, -0.1) is 17.7 Å². The van der Waals surface area contributed by atoms with Crippen molar-refractivity contribution in [3.05, 3.63) is 77.7 Å². The topological polar surface area (TPSA) is 63.3 Å². The maximum absolute atomic E-state index is 10.0. The molecule has 0 fully saturated rings. The first kappa shape index (κ1) is 21.9. The third-order valence-corrected chi connectivity index (χ3v) is 5.26. The van der Waals surface area contributed by atoms with Crippen molar-refractivity contribution in [2.24, 2.45) is 0 Å². The number of carbonyl (C=O) groups is 1. The SMILES string of the molecule is CC(=O)/C=C(/C)O.CC1(C)c2cccnc2-c2[c-]ccc3oc4cccc1c4c23.[Ir]. The fourth-order valence-electron chi connectivity index (χ4n) is 4.06. The van der Waals surface area contributed by atoms with Crippen LogP contribution in [0.15, 0.2) is 64.9 Å². The van der Waals surface area contributed by atoms with Crippen LogP contribution in [0.1, 0.15) is 38.8 Å². The second-order valence-electron chi connectivity index (χ2n) is 7.79. The van der Waals surface area contributed by atoms with Crippen LogP contribution < -0.4 is 0 Å². The number of benzene rings is 2. The van der Waals surface area contributed by atoms with Gasteiger partial charge in [0.25, 0.3) is 0 Å². The molecule has 0 aliphatic heterocycles. The molecule has 0 bridgehead atoms. The van der Waals surface area contributed by atoms with Crippen molar-refractivity contribution in [3.8, 4) is 11.3 Å². The zero-order valence-electron chi connectivity index (χ0n) is 17.2. The molecule has 2 aromatic heterocycles. The molecule has 0 spiro atoms. The fraction of sp³-hybridized carbons (Fsp3) is 0.200. The number of aromatic nitrogens is 1. The number of ketones is 1. The average molecular weight is 577 g/mol. The molecule has 1 N–H and O–H groups in total. The van der Waals surface area contributed by atoms with Crippen molar-refractivity contribution in [2.75, 3.05) is 0 Å². The van der Waals surface area contributed by atoms with E-state index in [1.54, 1.807) is 0 Å². The molecule has 1 aliphatic rings. The standard InChI is InChI=1S/C20H14NO.C5H8O2.Ir/c1-20(2)13-7-4-10-16-18(13)17-12(6-3-9-15(17)22-16)19-14(20)8-5-11-21-19;1-4(6)3-5(2)7;/h3-5,7-11H,1-2H3;3,6H,1-2H3;/q-1;;/b;4-3-;. The average Bonchev–Trinajstić information content (AvgIpc) is 3.02. The van der Waals surface area contributed by atoms with Gasteiger partial charge in [0.2, 0.25) is 0 Å². The summed E-state index contributed by atoms with van der Waals surface area (Å²) in [4.78, 5) is 14.7. The maximum atomic E-state index is 10.0. The Bertz CT molecular complexity index is 1280. The van der Waals surface area contributed by atoms with E-state index in [-0.39, 0.29) is 37.1 Å². The molecule has 0 amide bonds. The molecule has 1 aliphatic carbocycles. The Labute approximate surface area is 189 Å². The van der Waals surface area contributed by atoms with Gasteiger partial charge in [-0.3, -0.25) is 4.79 Å². The van der Waals surface area contributed by atoms with Crippen molar-refractivity contribution in [1.29, 1.82) is 0 Å². The summed E-state index contributed by atoms with van der Waals surface area (Å²) in [6, 6.07) is 17.8. The van der Waals surface area contributed by atoms with E-state index in [2.05, 4.69) is 43.1 Å². The van der Waals surface area contributed by atoms with Gasteiger partial charge in [0.1, 0.15) is 5.58 Å². The largest absolute Gasteiger partial charge is 0.512 e. The van der Waals surface area contributed by atoms with E-state index in [0.717, 1.165) is 27.8 Å². The van der Waals surface area contributed by atoms with E-state index in [9.17, 15) is 4.79 Å². The van der Waals surface area contributed by atoms with Gasteiger partial charge in [-0.1, -0.05) is 49.1 Å². The Morgan fingerprint density at radius 3 is 2.43 bits per heavy atom. The van der Waals surface area contributed by atoms with Gasteiger partial charge < -0.3 is 14.5 Å². The number of pyridine rings is 1. The number of aliphatic hydroxyl groups is 1. The summed E-state index contributed by atoms with van der Waals surface area (Å²) in [7, 11) is 0. The van der Waals surface area contributed by atoms with Crippen molar-refractivity contribution in [1.82, 2.24) is 4.98 Å². The zero-order chi connectivity index (χ0) is 20.8. The Hall–Kier alpha value is -2.75. The molecule has 5 rings (SSSR count). The van der Waals surface area contributed by atoms with Gasteiger partial charge in [-0.05, 0) is 42.6 Å². The molecule has 0 saturated heterocycles. The van der Waals surface area contributed by atoms with Gasteiger partial charge in [-0.25, -0.2) is 0 Å². The minimum atomic E-state index is -0.132. The third kappa shape index (κ3) is 3.60. The summed E-state index contributed by atoms with van der Waals surface area (Å²) in [6.45, 7) is 7.36. The number of aliphatic hydroxyl groups excluding tert-OH is 1. The molecule has 155 valence electrons. The summed E-state index contributed by atoms with van der Waals surface area (Å²) < 4.78 is 6.07. The van der Waals surface area contributed by atoms with Crippen LogP contribution in [-0.2, 0) is 30.3 Å². The van der Waals surface area contributed by atoms with Crippen LogP contribution in [0.3, 0.4) is 0 Å². The number of rotatable bonds is 1. The van der Waals surface area contributed by atoms with Crippen LogP contribution in [0.25, 0.3) is 33.2 Å². The monoisotopic (exact) mass is 577 g/mol. The van der Waals surface area contributed by atoms with Gasteiger partial charge in [0.15, 0.2) is 5.78 Å². The van der Waals surface area contributed by atoms with Crippen LogP contribution in [0.2, 0.25) is 0 Å². The van der Waals surface area contributed by atoms with E-state index in [1.807, 2.05) is 30.5 Å². The molecule has 30 heavy (non-hydrogen) atoms. The fourth-order valence-corrected chi connectivity index (χ4v) is 4.06. The molecule has 5 heteroatoms. The van der Waals surface area contributed by atoms with Crippen molar-refractivity contribution in [3.63, 3.8) is 0 Å². The first-order valence-electron chi connectivity index (χ1n) is 9.51. The van der Waals surface area contributed by atoms with Gasteiger partial charge in [0, 0.05) is 37.8 Å². The van der Waals surface area contributed by atoms with Gasteiger partial charge >= 0.3 is 0 Å². The van der Waals surface area contributed by atoms with E-state index in [1.165, 1.54) is 36.4 Å². The molecule has 0 unspecified atom stereocenters. The Morgan fingerprint density at radius 2 is 1.77 bits per heavy atom. The number of hydrogen-bond acceptors (Lipinski definition) is 4. The van der Waals surface area contributed by atoms with Crippen LogP contribution in [-0.4, -0.2) is 15.9 Å². The second kappa shape index (κ2) is 8.17. The first-order chi connectivity index (χ1) is 13.8. The van der Waals surface area contributed by atoms with Crippen LogP contribution in [0.4, 0.5) is 0 Å². The molecule has 0 saturated carbocycles. The Kier molecular flexibility index (Phi) is 5.98. The number of fused-ring (bicyclic) bond motifs is 2. The molecule has 1 radical (unpaired) electrons. The summed E-state index contributed by atoms with van der Waals surface area (Å²) >= 11 is 0.